The average molecular weight is 383 g/mol. The van der Waals surface area contributed by atoms with Crippen molar-refractivity contribution < 1.29 is 4.74 Å². The summed E-state index contributed by atoms with van der Waals surface area (Å²) in [5.41, 5.74) is 2.07. The van der Waals surface area contributed by atoms with Crippen molar-refractivity contribution in [3.8, 4) is 17.1 Å². The van der Waals surface area contributed by atoms with Gasteiger partial charge in [0.15, 0.2) is 5.82 Å². The van der Waals surface area contributed by atoms with Crippen molar-refractivity contribution in [2.24, 2.45) is 0 Å². The molecular weight excluding hydrogens is 365 g/mol. The first kappa shape index (κ1) is 15.0. The molecule has 1 aromatic heterocycles. The van der Waals surface area contributed by atoms with Gasteiger partial charge in [0.2, 0.25) is 0 Å². The van der Waals surface area contributed by atoms with E-state index in [1.807, 2.05) is 24.3 Å². The molecule has 0 amide bonds. The fourth-order valence-corrected chi connectivity index (χ4v) is 2.69. The summed E-state index contributed by atoms with van der Waals surface area (Å²) in [5.74, 6) is 2.49. The topological polar surface area (TPSA) is 47.0 Å². The van der Waals surface area contributed by atoms with Crippen LogP contribution in [0.1, 0.15) is 19.5 Å². The molecule has 1 N–H and O–H groups in total. The Labute approximate surface area is 133 Å². The van der Waals surface area contributed by atoms with Crippen LogP contribution in [0.3, 0.4) is 0 Å². The van der Waals surface area contributed by atoms with Crippen LogP contribution in [0, 0.1) is 3.57 Å². The summed E-state index contributed by atoms with van der Waals surface area (Å²) in [7, 11) is 1.66. The molecule has 0 saturated carbocycles. The van der Waals surface area contributed by atoms with Crippen LogP contribution < -0.4 is 10.1 Å². The van der Waals surface area contributed by atoms with Gasteiger partial charge in [-0.1, -0.05) is 6.92 Å². The normalized spacial score (nSPS) is 10.4. The van der Waals surface area contributed by atoms with Crippen molar-refractivity contribution in [3.63, 3.8) is 0 Å². The van der Waals surface area contributed by atoms with Crippen LogP contribution in [0.5, 0.6) is 5.75 Å². The predicted octanol–water partition coefficient (Wildman–Crippen LogP) is 3.75. The summed E-state index contributed by atoms with van der Waals surface area (Å²) >= 11 is 2.30. The maximum Gasteiger partial charge on any atom is 0.161 e. The van der Waals surface area contributed by atoms with Crippen molar-refractivity contribution >= 4 is 28.4 Å². The molecule has 0 atom stereocenters. The molecule has 5 heteroatoms. The molecule has 0 radical (unpaired) electrons. The molecule has 1 aromatic carbocycles. The highest BCUT2D eigenvalue weighted by Gasteiger charge is 2.11. The van der Waals surface area contributed by atoms with E-state index in [9.17, 15) is 0 Å². The van der Waals surface area contributed by atoms with E-state index in [4.69, 9.17) is 4.74 Å². The number of nitrogens with zero attached hydrogens (tertiary/aromatic N) is 2. The van der Waals surface area contributed by atoms with Crippen LogP contribution >= 0.6 is 22.6 Å². The lowest BCUT2D eigenvalue weighted by Gasteiger charge is -2.11. The van der Waals surface area contributed by atoms with Gasteiger partial charge in [0, 0.05) is 12.1 Å². The molecule has 0 saturated heterocycles. The Kier molecular flexibility index (Phi) is 5.17. The highest BCUT2D eigenvalue weighted by molar-refractivity contribution is 14.1. The lowest BCUT2D eigenvalue weighted by molar-refractivity contribution is 0.415. The number of anilines is 1. The van der Waals surface area contributed by atoms with Crippen LogP contribution in [0.2, 0.25) is 0 Å². The number of benzene rings is 1. The molecule has 4 nitrogen and oxygen atoms in total. The van der Waals surface area contributed by atoms with E-state index >= 15 is 0 Å². The minimum Gasteiger partial charge on any atom is -0.497 e. The zero-order valence-electron chi connectivity index (χ0n) is 11.9. The molecule has 0 bridgehead atoms. The van der Waals surface area contributed by atoms with Gasteiger partial charge in [-0.3, -0.25) is 0 Å². The number of methoxy groups -OCH3 is 1. The number of aryl methyl sites for hydroxylation is 1. The molecular formula is C15H18IN3O. The van der Waals surface area contributed by atoms with Gasteiger partial charge in [0.05, 0.1) is 16.4 Å². The molecule has 2 aromatic rings. The Morgan fingerprint density at radius 1 is 1.15 bits per heavy atom. The maximum absolute atomic E-state index is 5.18. The van der Waals surface area contributed by atoms with Gasteiger partial charge in [-0.25, -0.2) is 9.97 Å². The highest BCUT2D eigenvalue weighted by atomic mass is 127. The van der Waals surface area contributed by atoms with Crippen molar-refractivity contribution in [3.05, 3.63) is 33.5 Å². The van der Waals surface area contributed by atoms with Crippen molar-refractivity contribution in [2.45, 2.75) is 20.3 Å². The van der Waals surface area contributed by atoms with E-state index in [1.54, 1.807) is 7.11 Å². The molecule has 1 heterocycles. The van der Waals surface area contributed by atoms with E-state index in [0.717, 1.165) is 45.2 Å². The molecule has 0 aliphatic heterocycles. The number of aromatic nitrogens is 2. The van der Waals surface area contributed by atoms with Gasteiger partial charge in [-0.15, -0.1) is 0 Å². The second-order valence-corrected chi connectivity index (χ2v) is 5.35. The molecule has 0 aliphatic rings. The monoisotopic (exact) mass is 383 g/mol. The first-order valence-electron chi connectivity index (χ1n) is 6.64. The third-order valence-electron chi connectivity index (χ3n) is 2.95. The predicted molar refractivity (Wildman–Crippen MR) is 90.3 cm³/mol. The van der Waals surface area contributed by atoms with Crippen molar-refractivity contribution in [1.29, 1.82) is 0 Å². The summed E-state index contributed by atoms with van der Waals surface area (Å²) in [6.07, 6.45) is 0.891. The van der Waals surface area contributed by atoms with E-state index in [2.05, 4.69) is 51.7 Å². The fraction of sp³-hybridized carbons (Fsp3) is 0.333. The van der Waals surface area contributed by atoms with Crippen LogP contribution in [-0.4, -0.2) is 23.6 Å². The Morgan fingerprint density at radius 3 is 2.40 bits per heavy atom. The minimum absolute atomic E-state index is 0.751. The molecule has 2 rings (SSSR count). The Hall–Kier alpha value is -1.37. The van der Waals surface area contributed by atoms with Gasteiger partial charge in [0.25, 0.3) is 0 Å². The molecule has 20 heavy (non-hydrogen) atoms. The van der Waals surface area contributed by atoms with Crippen LogP contribution in [0.25, 0.3) is 11.4 Å². The molecule has 0 unspecified atom stereocenters. The summed E-state index contributed by atoms with van der Waals surface area (Å²) in [6, 6.07) is 7.82. The minimum atomic E-state index is 0.751. The smallest absolute Gasteiger partial charge is 0.161 e. The van der Waals surface area contributed by atoms with E-state index in [0.29, 0.717) is 0 Å². The van der Waals surface area contributed by atoms with Crippen LogP contribution in [0.15, 0.2) is 24.3 Å². The lowest BCUT2D eigenvalue weighted by Crippen LogP contribution is -2.07. The van der Waals surface area contributed by atoms with Gasteiger partial charge >= 0.3 is 0 Å². The third kappa shape index (κ3) is 3.20. The third-order valence-corrected chi connectivity index (χ3v) is 4.08. The summed E-state index contributed by atoms with van der Waals surface area (Å²) in [4.78, 5) is 9.29. The van der Waals surface area contributed by atoms with Crippen molar-refractivity contribution in [1.82, 2.24) is 9.97 Å². The lowest BCUT2D eigenvalue weighted by atomic mass is 10.2. The Balaban J connectivity index is 2.46. The number of hydrogen-bond donors (Lipinski definition) is 1. The first-order valence-corrected chi connectivity index (χ1v) is 7.72. The van der Waals surface area contributed by atoms with Crippen molar-refractivity contribution in [2.75, 3.05) is 19.0 Å². The first-order chi connectivity index (χ1) is 9.69. The largest absolute Gasteiger partial charge is 0.497 e. The molecule has 0 aliphatic carbocycles. The number of halogens is 1. The van der Waals surface area contributed by atoms with Gasteiger partial charge in [0.1, 0.15) is 11.6 Å². The van der Waals surface area contributed by atoms with E-state index in [1.165, 1.54) is 0 Å². The van der Waals surface area contributed by atoms with Gasteiger partial charge in [-0.2, -0.15) is 0 Å². The Bertz CT molecular complexity index is 584. The quantitative estimate of drug-likeness (QED) is 0.799. The number of nitrogens with one attached hydrogen (secondary N) is 1. The van der Waals surface area contributed by atoms with Crippen LogP contribution in [0.4, 0.5) is 5.82 Å². The number of ether oxygens (including phenoxy) is 1. The summed E-state index contributed by atoms with van der Waals surface area (Å²) in [5, 5.41) is 3.30. The highest BCUT2D eigenvalue weighted by Crippen LogP contribution is 2.25. The summed E-state index contributed by atoms with van der Waals surface area (Å²) < 4.78 is 6.28. The molecule has 106 valence electrons. The van der Waals surface area contributed by atoms with E-state index < -0.39 is 0 Å². The van der Waals surface area contributed by atoms with Gasteiger partial charge in [-0.05, 0) is 60.2 Å². The SMILES string of the molecule is CCNc1nc(-c2ccc(OC)cc2)nc(CC)c1I. The zero-order chi connectivity index (χ0) is 14.5. The summed E-state index contributed by atoms with van der Waals surface area (Å²) in [6.45, 7) is 5.02. The van der Waals surface area contributed by atoms with Crippen LogP contribution in [-0.2, 0) is 6.42 Å². The fourth-order valence-electron chi connectivity index (χ4n) is 1.88. The number of rotatable bonds is 5. The Morgan fingerprint density at radius 2 is 1.85 bits per heavy atom. The molecule has 0 fully saturated rings. The standard InChI is InChI=1S/C15H18IN3O/c1-4-12-13(16)15(17-5-2)19-14(18-12)10-6-8-11(20-3)9-7-10/h6-9H,4-5H2,1-3H3,(H,17,18,19). The number of hydrogen-bond acceptors (Lipinski definition) is 4. The maximum atomic E-state index is 5.18. The van der Waals surface area contributed by atoms with Gasteiger partial charge < -0.3 is 10.1 Å². The molecule has 0 spiro atoms. The average Bonchev–Trinajstić information content (AvgIpc) is 2.49. The second-order valence-electron chi connectivity index (χ2n) is 4.27. The van der Waals surface area contributed by atoms with E-state index in [-0.39, 0.29) is 0 Å². The zero-order valence-corrected chi connectivity index (χ0v) is 14.1. The second kappa shape index (κ2) is 6.88.